The van der Waals surface area contributed by atoms with Gasteiger partial charge in [0, 0.05) is 31.4 Å². The third-order valence-electron chi connectivity index (χ3n) is 6.96. The van der Waals surface area contributed by atoms with Crippen molar-refractivity contribution in [3.05, 3.63) is 71.8 Å². The van der Waals surface area contributed by atoms with Crippen molar-refractivity contribution in [3.8, 4) is 5.75 Å². The molecule has 0 saturated carbocycles. The molecule has 2 aromatic rings. The number of allylic oxidation sites excluding steroid dienone is 1. The highest BCUT2D eigenvalue weighted by atomic mass is 16.6. The zero-order valence-corrected chi connectivity index (χ0v) is 26.0. The largest absolute Gasteiger partial charge is 0.489 e. The number of carbonyl (C=O) groups is 2. The number of hydrogen-bond acceptors (Lipinski definition) is 5. The van der Waals surface area contributed by atoms with Gasteiger partial charge in [0.25, 0.3) is 0 Å². The summed E-state index contributed by atoms with van der Waals surface area (Å²) in [5.41, 5.74) is 2.85. The maximum atomic E-state index is 13.7. The second-order valence-electron chi connectivity index (χ2n) is 12.6. The van der Waals surface area contributed by atoms with Gasteiger partial charge in [-0.1, -0.05) is 55.8 Å². The Labute approximate surface area is 246 Å². The van der Waals surface area contributed by atoms with Crippen LogP contribution < -0.4 is 15.0 Å². The Morgan fingerprint density at radius 2 is 1.76 bits per heavy atom. The van der Waals surface area contributed by atoms with Gasteiger partial charge in [-0.3, -0.25) is 4.79 Å². The van der Waals surface area contributed by atoms with Crippen molar-refractivity contribution in [2.45, 2.75) is 92.0 Å². The van der Waals surface area contributed by atoms with E-state index in [1.807, 2.05) is 56.0 Å². The van der Waals surface area contributed by atoms with Crippen LogP contribution in [-0.2, 0) is 16.1 Å². The topological polar surface area (TPSA) is 71.1 Å². The second-order valence-corrected chi connectivity index (χ2v) is 12.6. The Bertz CT molecular complexity index is 1130. The lowest BCUT2D eigenvalue weighted by molar-refractivity contribution is -0.135. The minimum absolute atomic E-state index is 0.0407. The van der Waals surface area contributed by atoms with Crippen LogP contribution in [0.4, 0.5) is 10.5 Å². The van der Waals surface area contributed by atoms with Crippen LogP contribution >= 0.6 is 0 Å². The summed E-state index contributed by atoms with van der Waals surface area (Å²) in [5, 5.41) is 2.86. The predicted molar refractivity (Wildman–Crippen MR) is 166 cm³/mol. The maximum absolute atomic E-state index is 13.7. The molecule has 1 aliphatic heterocycles. The SMILES string of the molecule is CC(C)=CCN(c1ccc(OCc2ccccc2)cc1)[C@H]1CCCN(C(=O)[C@@H](CC(C)C)NC(=O)OC(C)(C)C)C1. The van der Waals surface area contributed by atoms with Crippen molar-refractivity contribution in [2.24, 2.45) is 5.92 Å². The number of rotatable bonds is 11. The van der Waals surface area contributed by atoms with Crippen molar-refractivity contribution in [2.75, 3.05) is 24.5 Å². The summed E-state index contributed by atoms with van der Waals surface area (Å²) in [6, 6.07) is 17.9. The molecular weight excluding hydrogens is 514 g/mol. The van der Waals surface area contributed by atoms with Crippen molar-refractivity contribution >= 4 is 17.7 Å². The summed E-state index contributed by atoms with van der Waals surface area (Å²) >= 11 is 0. The van der Waals surface area contributed by atoms with Gasteiger partial charge in [0.05, 0.1) is 0 Å². The summed E-state index contributed by atoms with van der Waals surface area (Å²) in [5.74, 6) is 1.03. The molecule has 2 amide bonds. The Balaban J connectivity index is 1.73. The highest BCUT2D eigenvalue weighted by Crippen LogP contribution is 2.27. The molecule has 0 aliphatic carbocycles. The summed E-state index contributed by atoms with van der Waals surface area (Å²) in [6.45, 7) is 16.4. The third kappa shape index (κ3) is 10.8. The Kier molecular flexibility index (Phi) is 11.7. The summed E-state index contributed by atoms with van der Waals surface area (Å²) in [7, 11) is 0. The van der Waals surface area contributed by atoms with E-state index in [0.717, 1.165) is 36.4 Å². The zero-order chi connectivity index (χ0) is 30.0. The fourth-order valence-electron chi connectivity index (χ4n) is 4.99. The molecule has 3 rings (SSSR count). The van der Waals surface area contributed by atoms with Crippen molar-refractivity contribution in [1.82, 2.24) is 10.2 Å². The lowest BCUT2D eigenvalue weighted by Crippen LogP contribution is -2.56. The lowest BCUT2D eigenvalue weighted by Gasteiger charge is -2.41. The van der Waals surface area contributed by atoms with Gasteiger partial charge in [-0.25, -0.2) is 4.79 Å². The molecule has 1 aliphatic rings. The molecule has 1 N–H and O–H groups in total. The first-order valence-corrected chi connectivity index (χ1v) is 14.9. The van der Waals surface area contributed by atoms with E-state index in [1.54, 1.807) is 0 Å². The molecule has 0 bridgehead atoms. The maximum Gasteiger partial charge on any atom is 0.408 e. The van der Waals surface area contributed by atoms with Gasteiger partial charge in [0.2, 0.25) is 5.91 Å². The van der Waals surface area contributed by atoms with Gasteiger partial charge >= 0.3 is 6.09 Å². The molecule has 7 nitrogen and oxygen atoms in total. The first kappa shape index (κ1) is 32.0. The number of amides is 2. The average Bonchev–Trinajstić information content (AvgIpc) is 2.91. The van der Waals surface area contributed by atoms with E-state index in [-0.39, 0.29) is 17.9 Å². The minimum Gasteiger partial charge on any atom is -0.489 e. The molecule has 7 heteroatoms. The van der Waals surface area contributed by atoms with Crippen molar-refractivity contribution < 1.29 is 19.1 Å². The highest BCUT2D eigenvalue weighted by molar-refractivity contribution is 5.86. The Morgan fingerprint density at radius 1 is 1.07 bits per heavy atom. The number of benzene rings is 2. The monoisotopic (exact) mass is 563 g/mol. The molecule has 1 fully saturated rings. The normalized spacial score (nSPS) is 16.1. The number of carbonyl (C=O) groups excluding carboxylic acids is 2. The average molecular weight is 564 g/mol. The number of anilines is 1. The van der Waals surface area contributed by atoms with E-state index in [4.69, 9.17) is 9.47 Å². The molecule has 0 unspecified atom stereocenters. The molecule has 41 heavy (non-hydrogen) atoms. The quantitative estimate of drug-likeness (QED) is 0.299. The Hall–Kier alpha value is -3.48. The van der Waals surface area contributed by atoms with Crippen LogP contribution in [0.25, 0.3) is 0 Å². The van der Waals surface area contributed by atoms with E-state index in [1.165, 1.54) is 5.57 Å². The Morgan fingerprint density at radius 3 is 2.37 bits per heavy atom. The summed E-state index contributed by atoms with van der Waals surface area (Å²) in [4.78, 5) is 30.6. The summed E-state index contributed by atoms with van der Waals surface area (Å²) in [6.07, 6.45) is 4.13. The molecule has 0 spiro atoms. The van der Waals surface area contributed by atoms with Gasteiger partial charge in [-0.2, -0.15) is 0 Å². The molecule has 0 aromatic heterocycles. The van der Waals surface area contributed by atoms with Gasteiger partial charge in [0.1, 0.15) is 24.0 Å². The number of ether oxygens (including phenoxy) is 2. The number of hydrogen-bond donors (Lipinski definition) is 1. The predicted octanol–water partition coefficient (Wildman–Crippen LogP) is 6.97. The van der Waals surface area contributed by atoms with E-state index in [2.05, 4.69) is 68.3 Å². The van der Waals surface area contributed by atoms with Crippen LogP contribution in [0.2, 0.25) is 0 Å². The van der Waals surface area contributed by atoms with Crippen molar-refractivity contribution in [1.29, 1.82) is 0 Å². The van der Waals surface area contributed by atoms with Gasteiger partial charge < -0.3 is 24.6 Å². The standard InChI is InChI=1S/C34H49N3O4/c1-25(2)19-21-37(28-15-17-30(18-16-28)40-24-27-12-9-8-10-13-27)29-14-11-20-36(23-29)32(38)31(22-26(3)4)35-33(39)41-34(5,6)7/h8-10,12-13,15-19,26,29,31H,11,14,20-24H2,1-7H3,(H,35,39)/t29-,31+/m0/s1. The number of likely N-dealkylation sites (tertiary alicyclic amines) is 1. The molecule has 1 heterocycles. The molecule has 0 radical (unpaired) electrons. The number of alkyl carbamates (subject to hydrolysis) is 1. The zero-order valence-electron chi connectivity index (χ0n) is 26.0. The number of nitrogens with one attached hydrogen (secondary N) is 1. The van der Waals surface area contributed by atoms with E-state index in [9.17, 15) is 9.59 Å². The van der Waals surface area contributed by atoms with Crippen LogP contribution in [-0.4, -0.2) is 54.2 Å². The first-order valence-electron chi connectivity index (χ1n) is 14.9. The van der Waals surface area contributed by atoms with E-state index >= 15 is 0 Å². The fourth-order valence-corrected chi connectivity index (χ4v) is 4.99. The second kappa shape index (κ2) is 14.9. The van der Waals surface area contributed by atoms with Gasteiger partial charge in [-0.05, 0) is 89.6 Å². The van der Waals surface area contributed by atoms with Gasteiger partial charge in [-0.15, -0.1) is 0 Å². The van der Waals surface area contributed by atoms with Crippen LogP contribution in [0.1, 0.15) is 73.3 Å². The third-order valence-corrected chi connectivity index (χ3v) is 6.96. The summed E-state index contributed by atoms with van der Waals surface area (Å²) < 4.78 is 11.5. The highest BCUT2D eigenvalue weighted by Gasteiger charge is 2.33. The molecule has 1 saturated heterocycles. The van der Waals surface area contributed by atoms with Crippen LogP contribution in [0.3, 0.4) is 0 Å². The molecule has 2 aromatic carbocycles. The minimum atomic E-state index is -0.626. The lowest BCUT2D eigenvalue weighted by atomic mass is 9.99. The number of piperidine rings is 1. The van der Waals surface area contributed by atoms with E-state index in [0.29, 0.717) is 26.1 Å². The molecule has 224 valence electrons. The number of nitrogens with zero attached hydrogens (tertiary/aromatic N) is 2. The van der Waals surface area contributed by atoms with Gasteiger partial charge in [0.15, 0.2) is 0 Å². The van der Waals surface area contributed by atoms with Crippen LogP contribution in [0.5, 0.6) is 5.75 Å². The molecule has 2 atom stereocenters. The molecular formula is C34H49N3O4. The first-order chi connectivity index (χ1) is 19.4. The fraction of sp³-hybridized carbons (Fsp3) is 0.529. The van der Waals surface area contributed by atoms with Crippen LogP contribution in [0.15, 0.2) is 66.2 Å². The van der Waals surface area contributed by atoms with Crippen molar-refractivity contribution in [3.63, 3.8) is 0 Å². The van der Waals surface area contributed by atoms with E-state index < -0.39 is 17.7 Å². The van der Waals surface area contributed by atoms with Crippen LogP contribution in [0, 0.1) is 5.92 Å². The smallest absolute Gasteiger partial charge is 0.408 e.